The van der Waals surface area contributed by atoms with Crippen molar-refractivity contribution >= 4 is 0 Å². The van der Waals surface area contributed by atoms with Gasteiger partial charge in [0, 0.05) is 0 Å². The van der Waals surface area contributed by atoms with E-state index in [-0.39, 0.29) is 0 Å². The van der Waals surface area contributed by atoms with E-state index < -0.39 is 0 Å². The molecule has 0 amide bonds. The van der Waals surface area contributed by atoms with E-state index in [1.165, 1.54) is 12.1 Å². The van der Waals surface area contributed by atoms with Crippen molar-refractivity contribution in [1.82, 2.24) is 15.0 Å². The number of aromatic nitrogens is 3. The normalized spacial score (nSPS) is 17.8. The summed E-state index contributed by atoms with van der Waals surface area (Å²) in [6, 6.07) is 9.90. The van der Waals surface area contributed by atoms with E-state index in [0.29, 0.717) is 23.4 Å². The molecule has 3 rings (SSSR count). The van der Waals surface area contributed by atoms with Crippen molar-refractivity contribution in [2.45, 2.75) is 46.6 Å². The first-order valence-electron chi connectivity index (χ1n) is 7.87. The highest BCUT2D eigenvalue weighted by Gasteiger charge is 2.31. The molecule has 1 aromatic heterocycles. The lowest BCUT2D eigenvalue weighted by Gasteiger charge is -2.33. The van der Waals surface area contributed by atoms with Gasteiger partial charge < -0.3 is 0 Å². The number of rotatable bonds is 2. The summed E-state index contributed by atoms with van der Waals surface area (Å²) in [5.41, 5.74) is 4.54. The van der Waals surface area contributed by atoms with Gasteiger partial charge in [-0.1, -0.05) is 38.1 Å². The number of nitriles is 1. The van der Waals surface area contributed by atoms with Crippen LogP contribution in [0.5, 0.6) is 0 Å². The summed E-state index contributed by atoms with van der Waals surface area (Å²) in [6.07, 6.45) is 3.27. The molecule has 114 valence electrons. The van der Waals surface area contributed by atoms with Crippen LogP contribution in [-0.4, -0.2) is 15.0 Å². The Bertz CT molecular complexity index is 715. The third-order valence-corrected chi connectivity index (χ3v) is 4.70. The first-order chi connectivity index (χ1) is 10.5. The highest BCUT2D eigenvalue weighted by atomic mass is 15.4. The maximum atomic E-state index is 9.00. The number of nitrogens with zero attached hydrogens (tertiary/aromatic N) is 4. The van der Waals surface area contributed by atoms with Crippen LogP contribution >= 0.6 is 0 Å². The monoisotopic (exact) mass is 294 g/mol. The van der Waals surface area contributed by atoms with Gasteiger partial charge in [-0.15, -0.1) is 5.10 Å². The van der Waals surface area contributed by atoms with Crippen molar-refractivity contribution < 1.29 is 0 Å². The Morgan fingerprint density at radius 2 is 2.18 bits per heavy atom. The molecule has 0 saturated carbocycles. The number of hydrogen-bond donors (Lipinski definition) is 0. The predicted octanol–water partition coefficient (Wildman–Crippen LogP) is 3.35. The van der Waals surface area contributed by atoms with E-state index >= 15 is 0 Å². The Morgan fingerprint density at radius 3 is 2.91 bits per heavy atom. The fraction of sp³-hybridized carbons (Fsp3) is 0.500. The minimum atomic E-state index is 0.322. The largest absolute Gasteiger partial charge is 0.245 e. The second kappa shape index (κ2) is 5.57. The van der Waals surface area contributed by atoms with Crippen LogP contribution < -0.4 is 0 Å². The molecule has 22 heavy (non-hydrogen) atoms. The van der Waals surface area contributed by atoms with E-state index in [2.05, 4.69) is 37.2 Å². The van der Waals surface area contributed by atoms with Gasteiger partial charge in [0.1, 0.15) is 0 Å². The molecule has 0 fully saturated rings. The highest BCUT2D eigenvalue weighted by Crippen LogP contribution is 2.36. The van der Waals surface area contributed by atoms with E-state index in [1.807, 2.05) is 28.9 Å². The molecule has 0 radical (unpaired) electrons. The third-order valence-electron chi connectivity index (χ3n) is 4.70. The van der Waals surface area contributed by atoms with Crippen LogP contribution in [0.3, 0.4) is 0 Å². The van der Waals surface area contributed by atoms with Crippen molar-refractivity contribution in [3.8, 4) is 6.07 Å². The molecule has 2 aromatic rings. The maximum Gasteiger partial charge on any atom is 0.0991 e. The van der Waals surface area contributed by atoms with Gasteiger partial charge in [0.25, 0.3) is 0 Å². The Hall–Kier alpha value is -2.15. The van der Waals surface area contributed by atoms with Crippen LogP contribution in [0.25, 0.3) is 0 Å². The molecular formula is C18H22N4. The van der Waals surface area contributed by atoms with E-state index in [0.717, 1.165) is 24.1 Å². The third kappa shape index (κ3) is 2.89. The lowest BCUT2D eigenvalue weighted by atomic mass is 9.73. The molecule has 4 nitrogen and oxygen atoms in total. The first-order valence-corrected chi connectivity index (χ1v) is 7.87. The predicted molar refractivity (Wildman–Crippen MR) is 85.3 cm³/mol. The molecule has 1 aromatic carbocycles. The summed E-state index contributed by atoms with van der Waals surface area (Å²) in [5, 5.41) is 17.8. The van der Waals surface area contributed by atoms with Gasteiger partial charge in [-0.05, 0) is 48.3 Å². The lowest BCUT2D eigenvalue weighted by Crippen LogP contribution is -2.27. The van der Waals surface area contributed by atoms with Crippen LogP contribution in [-0.2, 0) is 19.4 Å². The smallest absolute Gasteiger partial charge is 0.0991 e. The van der Waals surface area contributed by atoms with Gasteiger partial charge in [0.15, 0.2) is 0 Å². The van der Waals surface area contributed by atoms with Crippen molar-refractivity contribution in [3.63, 3.8) is 0 Å². The first kappa shape index (κ1) is 14.8. The molecule has 1 aliphatic rings. The Morgan fingerprint density at radius 1 is 1.36 bits per heavy atom. The maximum absolute atomic E-state index is 9.00. The van der Waals surface area contributed by atoms with Crippen LogP contribution in [0.1, 0.15) is 49.7 Å². The quantitative estimate of drug-likeness (QED) is 0.853. The summed E-state index contributed by atoms with van der Waals surface area (Å²) in [5.74, 6) is 0.673. The molecule has 4 heteroatoms. The summed E-state index contributed by atoms with van der Waals surface area (Å²) >= 11 is 0. The number of hydrogen-bond acceptors (Lipinski definition) is 3. The van der Waals surface area contributed by atoms with Crippen LogP contribution in [0.15, 0.2) is 24.3 Å². The fourth-order valence-electron chi connectivity index (χ4n) is 3.23. The zero-order valence-electron chi connectivity index (χ0n) is 13.5. The van der Waals surface area contributed by atoms with Crippen molar-refractivity contribution in [2.24, 2.45) is 11.3 Å². The second-order valence-electron chi connectivity index (χ2n) is 7.26. The van der Waals surface area contributed by atoms with Crippen molar-refractivity contribution in [1.29, 1.82) is 5.26 Å². The van der Waals surface area contributed by atoms with Crippen LogP contribution in [0.4, 0.5) is 0 Å². The van der Waals surface area contributed by atoms with E-state index in [1.54, 1.807) is 0 Å². The van der Waals surface area contributed by atoms with Gasteiger partial charge in [0.05, 0.1) is 29.6 Å². The molecule has 0 bridgehead atoms. The average Bonchev–Trinajstić information content (AvgIpc) is 2.89. The molecule has 0 aliphatic heterocycles. The van der Waals surface area contributed by atoms with Gasteiger partial charge in [-0.3, -0.25) is 0 Å². The number of fused-ring (bicyclic) bond motifs is 1. The minimum absolute atomic E-state index is 0.322. The summed E-state index contributed by atoms with van der Waals surface area (Å²) in [7, 11) is 0. The van der Waals surface area contributed by atoms with E-state index in [9.17, 15) is 0 Å². The Kier molecular flexibility index (Phi) is 3.74. The van der Waals surface area contributed by atoms with Crippen LogP contribution in [0, 0.1) is 22.7 Å². The van der Waals surface area contributed by atoms with Crippen molar-refractivity contribution in [2.75, 3.05) is 0 Å². The van der Waals surface area contributed by atoms with Crippen molar-refractivity contribution in [3.05, 3.63) is 46.8 Å². The fourth-order valence-corrected chi connectivity index (χ4v) is 3.23. The van der Waals surface area contributed by atoms with Gasteiger partial charge in [-0.2, -0.15) is 5.26 Å². The standard InChI is InChI=1S/C18H22N4/c1-18(2,3)15-7-8-17-16(10-15)20-21-22(17)12-14-6-4-5-13(9-14)11-19/h4-6,9,15H,7-8,10,12H2,1-3H3. The summed E-state index contributed by atoms with van der Waals surface area (Å²) in [4.78, 5) is 0. The molecule has 1 heterocycles. The molecule has 0 spiro atoms. The highest BCUT2D eigenvalue weighted by molar-refractivity contribution is 5.33. The Balaban J connectivity index is 1.81. The Labute approximate surface area is 131 Å². The molecular weight excluding hydrogens is 272 g/mol. The van der Waals surface area contributed by atoms with Gasteiger partial charge in [-0.25, -0.2) is 4.68 Å². The minimum Gasteiger partial charge on any atom is -0.245 e. The lowest BCUT2D eigenvalue weighted by molar-refractivity contribution is 0.213. The topological polar surface area (TPSA) is 54.5 Å². The van der Waals surface area contributed by atoms with E-state index in [4.69, 9.17) is 5.26 Å². The SMILES string of the molecule is CC(C)(C)C1CCc2c(nnn2Cc2cccc(C#N)c2)C1. The van der Waals surface area contributed by atoms with Gasteiger partial charge >= 0.3 is 0 Å². The number of benzene rings is 1. The van der Waals surface area contributed by atoms with Crippen LogP contribution in [0.2, 0.25) is 0 Å². The summed E-state index contributed by atoms with van der Waals surface area (Å²) < 4.78 is 2.00. The molecule has 1 atom stereocenters. The molecule has 1 aliphatic carbocycles. The second-order valence-corrected chi connectivity index (χ2v) is 7.26. The molecule has 1 unspecified atom stereocenters. The summed E-state index contributed by atoms with van der Waals surface area (Å²) in [6.45, 7) is 7.61. The molecule has 0 N–H and O–H groups in total. The zero-order chi connectivity index (χ0) is 15.7. The molecule has 0 saturated heterocycles. The van der Waals surface area contributed by atoms with Gasteiger partial charge in [0.2, 0.25) is 0 Å². The average molecular weight is 294 g/mol. The zero-order valence-corrected chi connectivity index (χ0v) is 13.5.